The van der Waals surface area contributed by atoms with Gasteiger partial charge in [-0.15, -0.1) is 0 Å². The van der Waals surface area contributed by atoms with Gasteiger partial charge in [-0.3, -0.25) is 0 Å². The van der Waals surface area contributed by atoms with Gasteiger partial charge in [0.1, 0.15) is 0 Å². The standard InChI is InChI=1S/C26H25NS/c1-19(20-9-12-24(13-10-20)27-15-5-2-6-16-27)21-11-14-26-23(17-21)18-22-7-3-4-8-25(22)28-26/h3-4,7-14,17H,1-2,5-6,15-16,18H2. The summed E-state index contributed by atoms with van der Waals surface area (Å²) in [4.78, 5) is 5.26. The molecule has 140 valence electrons. The molecule has 1 saturated heterocycles. The zero-order valence-electron chi connectivity index (χ0n) is 16.2. The van der Waals surface area contributed by atoms with Crippen LogP contribution in [0.4, 0.5) is 5.69 Å². The summed E-state index contributed by atoms with van der Waals surface area (Å²) in [6.07, 6.45) is 5.00. The van der Waals surface area contributed by atoms with Crippen molar-refractivity contribution in [1.82, 2.24) is 0 Å². The Bertz CT molecular complexity index is 1010. The minimum absolute atomic E-state index is 1.01. The quantitative estimate of drug-likeness (QED) is 0.383. The van der Waals surface area contributed by atoms with E-state index < -0.39 is 0 Å². The Morgan fingerprint density at radius 1 is 0.750 bits per heavy atom. The molecule has 3 aromatic rings. The van der Waals surface area contributed by atoms with Crippen LogP contribution in [0, 0.1) is 0 Å². The Labute approximate surface area is 172 Å². The van der Waals surface area contributed by atoms with Gasteiger partial charge in [-0.05, 0) is 83.8 Å². The van der Waals surface area contributed by atoms with E-state index in [1.807, 2.05) is 11.8 Å². The topological polar surface area (TPSA) is 3.24 Å². The van der Waals surface area contributed by atoms with Crippen LogP contribution >= 0.6 is 11.8 Å². The SMILES string of the molecule is C=C(c1ccc(N2CCCCC2)cc1)c1ccc2c(c1)Cc1ccccc1S2. The number of hydrogen-bond donors (Lipinski definition) is 0. The first-order valence-electron chi connectivity index (χ1n) is 10.2. The second-order valence-corrected chi connectivity index (χ2v) is 8.87. The molecule has 0 aromatic heterocycles. The molecule has 0 N–H and O–H groups in total. The van der Waals surface area contributed by atoms with E-state index in [4.69, 9.17) is 0 Å². The third-order valence-electron chi connectivity index (χ3n) is 5.92. The molecule has 2 heteroatoms. The Kier molecular flexibility index (Phi) is 4.74. The minimum Gasteiger partial charge on any atom is -0.372 e. The summed E-state index contributed by atoms with van der Waals surface area (Å²) in [7, 11) is 0. The van der Waals surface area contributed by atoms with E-state index in [1.54, 1.807) is 0 Å². The summed E-state index contributed by atoms with van der Waals surface area (Å²) in [5.41, 5.74) is 7.72. The molecule has 1 fully saturated rings. The highest BCUT2D eigenvalue weighted by Crippen LogP contribution is 2.40. The Balaban J connectivity index is 1.37. The molecule has 0 spiro atoms. The lowest BCUT2D eigenvalue weighted by molar-refractivity contribution is 0.578. The molecule has 0 unspecified atom stereocenters. The van der Waals surface area contributed by atoms with Crippen LogP contribution in [0.5, 0.6) is 0 Å². The van der Waals surface area contributed by atoms with Crippen LogP contribution in [0.1, 0.15) is 41.5 Å². The second-order valence-electron chi connectivity index (χ2n) is 7.78. The predicted octanol–water partition coefficient (Wildman–Crippen LogP) is 6.79. The van der Waals surface area contributed by atoms with Gasteiger partial charge in [0.05, 0.1) is 0 Å². The molecule has 28 heavy (non-hydrogen) atoms. The normalized spacial score (nSPS) is 15.6. The molecule has 0 atom stereocenters. The van der Waals surface area contributed by atoms with Crippen molar-refractivity contribution < 1.29 is 0 Å². The fourth-order valence-electron chi connectivity index (χ4n) is 4.27. The Hall–Kier alpha value is -2.45. The Morgan fingerprint density at radius 3 is 2.29 bits per heavy atom. The number of hydrogen-bond acceptors (Lipinski definition) is 2. The molecule has 2 heterocycles. The molecule has 2 aliphatic heterocycles. The highest BCUT2D eigenvalue weighted by molar-refractivity contribution is 7.99. The average Bonchev–Trinajstić information content (AvgIpc) is 2.77. The van der Waals surface area contributed by atoms with Crippen molar-refractivity contribution >= 4 is 23.0 Å². The largest absolute Gasteiger partial charge is 0.372 e. The number of nitrogens with zero attached hydrogens (tertiary/aromatic N) is 1. The molecule has 0 saturated carbocycles. The number of fused-ring (bicyclic) bond motifs is 2. The van der Waals surface area contributed by atoms with Gasteiger partial charge in [0.25, 0.3) is 0 Å². The van der Waals surface area contributed by atoms with Gasteiger partial charge in [-0.2, -0.15) is 0 Å². The molecule has 0 amide bonds. The third kappa shape index (κ3) is 3.38. The van der Waals surface area contributed by atoms with Gasteiger partial charge in [0, 0.05) is 28.6 Å². The molecule has 0 bridgehead atoms. The fourth-order valence-corrected chi connectivity index (χ4v) is 5.32. The summed E-state index contributed by atoms with van der Waals surface area (Å²) >= 11 is 1.88. The van der Waals surface area contributed by atoms with Crippen LogP contribution in [0.25, 0.3) is 5.57 Å². The van der Waals surface area contributed by atoms with Gasteiger partial charge in [0.15, 0.2) is 0 Å². The number of anilines is 1. The number of rotatable bonds is 3. The maximum atomic E-state index is 4.41. The van der Waals surface area contributed by atoms with E-state index >= 15 is 0 Å². The first kappa shape index (κ1) is 17.6. The van der Waals surface area contributed by atoms with Gasteiger partial charge in [-0.1, -0.05) is 54.7 Å². The zero-order valence-corrected chi connectivity index (χ0v) is 17.0. The highest BCUT2D eigenvalue weighted by Gasteiger charge is 2.17. The highest BCUT2D eigenvalue weighted by atomic mass is 32.2. The molecular weight excluding hydrogens is 358 g/mol. The second kappa shape index (κ2) is 7.52. The smallest absolute Gasteiger partial charge is 0.0366 e. The van der Waals surface area contributed by atoms with Crippen molar-refractivity contribution in [2.45, 2.75) is 35.5 Å². The van der Waals surface area contributed by atoms with Crippen molar-refractivity contribution in [3.05, 3.63) is 95.6 Å². The summed E-state index contributed by atoms with van der Waals surface area (Å²) < 4.78 is 0. The van der Waals surface area contributed by atoms with Crippen molar-refractivity contribution in [3.63, 3.8) is 0 Å². The van der Waals surface area contributed by atoms with E-state index in [9.17, 15) is 0 Å². The molecule has 5 rings (SSSR count). The lowest BCUT2D eigenvalue weighted by Crippen LogP contribution is -2.29. The Morgan fingerprint density at radius 2 is 1.46 bits per heavy atom. The lowest BCUT2D eigenvalue weighted by atomic mass is 9.95. The molecule has 3 aromatic carbocycles. The number of benzene rings is 3. The summed E-state index contributed by atoms with van der Waals surface area (Å²) in [5, 5.41) is 0. The summed E-state index contributed by atoms with van der Waals surface area (Å²) in [5.74, 6) is 0. The molecule has 2 aliphatic rings. The van der Waals surface area contributed by atoms with Crippen LogP contribution in [0.15, 0.2) is 83.1 Å². The van der Waals surface area contributed by atoms with Gasteiger partial charge >= 0.3 is 0 Å². The summed E-state index contributed by atoms with van der Waals surface area (Å²) in [6.45, 7) is 6.78. The monoisotopic (exact) mass is 383 g/mol. The van der Waals surface area contributed by atoms with Crippen LogP contribution in [-0.2, 0) is 6.42 Å². The summed E-state index contributed by atoms with van der Waals surface area (Å²) in [6, 6.07) is 24.5. The molecule has 1 nitrogen and oxygen atoms in total. The van der Waals surface area contributed by atoms with E-state index in [2.05, 4.69) is 78.2 Å². The van der Waals surface area contributed by atoms with Gasteiger partial charge in [0.2, 0.25) is 0 Å². The van der Waals surface area contributed by atoms with Gasteiger partial charge < -0.3 is 4.90 Å². The lowest BCUT2D eigenvalue weighted by Gasteiger charge is -2.29. The van der Waals surface area contributed by atoms with Crippen molar-refractivity contribution in [2.75, 3.05) is 18.0 Å². The first-order valence-corrected chi connectivity index (χ1v) is 11.0. The van der Waals surface area contributed by atoms with Crippen LogP contribution in [-0.4, -0.2) is 13.1 Å². The van der Waals surface area contributed by atoms with E-state index in [1.165, 1.54) is 70.1 Å². The maximum Gasteiger partial charge on any atom is 0.0366 e. The van der Waals surface area contributed by atoms with Crippen molar-refractivity contribution in [3.8, 4) is 0 Å². The predicted molar refractivity (Wildman–Crippen MR) is 120 cm³/mol. The van der Waals surface area contributed by atoms with Crippen LogP contribution < -0.4 is 4.90 Å². The van der Waals surface area contributed by atoms with E-state index in [-0.39, 0.29) is 0 Å². The molecular formula is C26H25NS. The van der Waals surface area contributed by atoms with Crippen LogP contribution in [0.2, 0.25) is 0 Å². The average molecular weight is 384 g/mol. The van der Waals surface area contributed by atoms with E-state index in [0.29, 0.717) is 0 Å². The van der Waals surface area contributed by atoms with Gasteiger partial charge in [-0.25, -0.2) is 0 Å². The third-order valence-corrected chi connectivity index (χ3v) is 7.16. The zero-order chi connectivity index (χ0) is 18.9. The van der Waals surface area contributed by atoms with E-state index in [0.717, 1.165) is 12.0 Å². The maximum absolute atomic E-state index is 4.41. The first-order chi connectivity index (χ1) is 13.8. The van der Waals surface area contributed by atoms with Crippen molar-refractivity contribution in [2.24, 2.45) is 0 Å². The van der Waals surface area contributed by atoms with Crippen LogP contribution in [0.3, 0.4) is 0 Å². The molecule has 0 aliphatic carbocycles. The number of piperidine rings is 1. The van der Waals surface area contributed by atoms with Crippen molar-refractivity contribution in [1.29, 1.82) is 0 Å². The minimum atomic E-state index is 1.01. The molecule has 0 radical (unpaired) electrons. The fraction of sp³-hybridized carbons (Fsp3) is 0.231.